The molecule has 0 saturated carbocycles. The van der Waals surface area contributed by atoms with Crippen molar-refractivity contribution in [3.05, 3.63) is 23.4 Å². The Morgan fingerprint density at radius 3 is 2.82 bits per heavy atom. The molecule has 1 aromatic rings. The third-order valence-corrected chi connectivity index (χ3v) is 4.30. The molecule has 1 aromatic heterocycles. The number of pyridine rings is 1. The maximum atomic E-state index is 4.65. The number of aromatic nitrogens is 1. The molecule has 0 N–H and O–H groups in total. The molecule has 2 nitrogen and oxygen atoms in total. The quantitative estimate of drug-likeness (QED) is 0.769. The van der Waals surface area contributed by atoms with E-state index in [0.717, 1.165) is 17.8 Å². The number of halogens is 1. The van der Waals surface area contributed by atoms with E-state index in [1.165, 1.54) is 29.8 Å². The maximum absolute atomic E-state index is 4.65. The van der Waals surface area contributed by atoms with Crippen molar-refractivity contribution < 1.29 is 0 Å². The van der Waals surface area contributed by atoms with Crippen LogP contribution in [0.15, 0.2) is 12.3 Å². The van der Waals surface area contributed by atoms with Gasteiger partial charge in [0, 0.05) is 24.1 Å². The summed E-state index contributed by atoms with van der Waals surface area (Å²) in [6, 6.07) is 2.86. The summed E-state index contributed by atoms with van der Waals surface area (Å²) in [6.07, 6.45) is 4.61. The van der Waals surface area contributed by atoms with E-state index in [1.807, 2.05) is 6.20 Å². The first-order chi connectivity index (χ1) is 8.11. The number of aryl methyl sites for hydroxylation is 1. The van der Waals surface area contributed by atoms with Gasteiger partial charge in [-0.15, -0.1) is 0 Å². The second-order valence-electron chi connectivity index (χ2n) is 5.30. The van der Waals surface area contributed by atoms with E-state index in [-0.39, 0.29) is 0 Å². The monoisotopic (exact) mass is 296 g/mol. The zero-order valence-corrected chi connectivity index (χ0v) is 12.5. The van der Waals surface area contributed by atoms with Crippen molar-refractivity contribution in [1.29, 1.82) is 0 Å². The maximum Gasteiger partial charge on any atom is 0.131 e. The van der Waals surface area contributed by atoms with Crippen molar-refractivity contribution in [2.75, 3.05) is 11.4 Å². The van der Waals surface area contributed by atoms with Gasteiger partial charge in [-0.25, -0.2) is 4.98 Å². The molecule has 1 aliphatic rings. The zero-order chi connectivity index (χ0) is 12.4. The van der Waals surface area contributed by atoms with Gasteiger partial charge in [-0.05, 0) is 43.7 Å². The van der Waals surface area contributed by atoms with Crippen LogP contribution in [-0.2, 0) is 5.33 Å². The molecule has 0 bridgehead atoms. The Kier molecular flexibility index (Phi) is 4.08. The summed E-state index contributed by atoms with van der Waals surface area (Å²) in [5.74, 6) is 1.96. The Bertz CT molecular complexity index is 392. The second kappa shape index (κ2) is 5.38. The van der Waals surface area contributed by atoms with Crippen LogP contribution in [0, 0.1) is 12.8 Å². The van der Waals surface area contributed by atoms with Crippen LogP contribution in [0.2, 0.25) is 0 Å². The number of alkyl halides is 1. The van der Waals surface area contributed by atoms with Gasteiger partial charge in [-0.2, -0.15) is 0 Å². The zero-order valence-electron chi connectivity index (χ0n) is 10.9. The molecule has 0 radical (unpaired) electrons. The van der Waals surface area contributed by atoms with Gasteiger partial charge in [0.15, 0.2) is 0 Å². The first-order valence-electron chi connectivity index (χ1n) is 6.40. The molecular formula is C14H21BrN2. The molecule has 2 rings (SSSR count). The van der Waals surface area contributed by atoms with E-state index >= 15 is 0 Å². The van der Waals surface area contributed by atoms with Gasteiger partial charge in [-0.1, -0.05) is 28.9 Å². The number of nitrogens with zero attached hydrogens (tertiary/aromatic N) is 2. The molecule has 0 aliphatic carbocycles. The molecule has 3 heteroatoms. The Morgan fingerprint density at radius 1 is 1.41 bits per heavy atom. The summed E-state index contributed by atoms with van der Waals surface area (Å²) in [6.45, 7) is 7.95. The highest BCUT2D eigenvalue weighted by molar-refractivity contribution is 9.08. The summed E-state index contributed by atoms with van der Waals surface area (Å²) in [5.41, 5.74) is 2.55. The summed E-state index contributed by atoms with van der Waals surface area (Å²) >= 11 is 3.48. The minimum absolute atomic E-state index is 0.618. The fourth-order valence-electron chi connectivity index (χ4n) is 2.58. The van der Waals surface area contributed by atoms with E-state index < -0.39 is 0 Å². The van der Waals surface area contributed by atoms with Crippen LogP contribution in [0.3, 0.4) is 0 Å². The number of hydrogen-bond donors (Lipinski definition) is 0. The molecule has 2 heterocycles. The first kappa shape index (κ1) is 12.9. The summed E-state index contributed by atoms with van der Waals surface area (Å²) in [4.78, 5) is 7.13. The van der Waals surface area contributed by atoms with Crippen molar-refractivity contribution in [3.63, 3.8) is 0 Å². The van der Waals surface area contributed by atoms with Gasteiger partial charge < -0.3 is 4.90 Å². The first-order valence-corrected chi connectivity index (χ1v) is 7.52. The Labute approximate surface area is 113 Å². The molecule has 0 spiro atoms. The summed E-state index contributed by atoms with van der Waals surface area (Å²) < 4.78 is 0. The van der Waals surface area contributed by atoms with E-state index in [4.69, 9.17) is 0 Å². The summed E-state index contributed by atoms with van der Waals surface area (Å²) in [7, 11) is 0. The predicted molar refractivity (Wildman–Crippen MR) is 76.8 cm³/mol. The lowest BCUT2D eigenvalue weighted by molar-refractivity contribution is 0.387. The van der Waals surface area contributed by atoms with E-state index in [2.05, 4.69) is 52.7 Å². The normalized spacial score (nSPS) is 25.1. The molecule has 0 amide bonds. The minimum atomic E-state index is 0.618. The predicted octanol–water partition coefficient (Wildman–Crippen LogP) is 3.91. The van der Waals surface area contributed by atoms with Crippen LogP contribution in [0.5, 0.6) is 0 Å². The van der Waals surface area contributed by atoms with Crippen LogP contribution >= 0.6 is 15.9 Å². The molecule has 2 unspecified atom stereocenters. The van der Waals surface area contributed by atoms with Crippen molar-refractivity contribution in [2.45, 2.75) is 45.0 Å². The standard InChI is InChI=1S/C14H21BrN2/c1-10-4-5-12(3)17(9-10)14-11(2)6-13(7-15)8-16-14/h6,8,10,12H,4-5,7,9H2,1-3H3. The molecule has 94 valence electrons. The topological polar surface area (TPSA) is 16.1 Å². The van der Waals surface area contributed by atoms with Crippen molar-refractivity contribution in [2.24, 2.45) is 5.92 Å². The Morgan fingerprint density at radius 2 is 2.18 bits per heavy atom. The van der Waals surface area contributed by atoms with Gasteiger partial charge in [0.05, 0.1) is 0 Å². The lowest BCUT2D eigenvalue weighted by Crippen LogP contribution is -2.42. The van der Waals surface area contributed by atoms with Crippen molar-refractivity contribution in [3.8, 4) is 0 Å². The Hall–Kier alpha value is -0.570. The van der Waals surface area contributed by atoms with Crippen LogP contribution in [0.25, 0.3) is 0 Å². The van der Waals surface area contributed by atoms with Gasteiger partial charge in [-0.3, -0.25) is 0 Å². The van der Waals surface area contributed by atoms with E-state index in [0.29, 0.717) is 6.04 Å². The van der Waals surface area contributed by atoms with Gasteiger partial charge in [0.25, 0.3) is 0 Å². The molecular weight excluding hydrogens is 276 g/mol. The molecule has 1 aliphatic heterocycles. The van der Waals surface area contributed by atoms with Crippen LogP contribution in [0.4, 0.5) is 5.82 Å². The fourth-order valence-corrected chi connectivity index (χ4v) is 2.89. The average molecular weight is 297 g/mol. The Balaban J connectivity index is 2.26. The van der Waals surface area contributed by atoms with Gasteiger partial charge >= 0.3 is 0 Å². The van der Waals surface area contributed by atoms with Gasteiger partial charge in [0.1, 0.15) is 5.82 Å². The highest BCUT2D eigenvalue weighted by atomic mass is 79.9. The largest absolute Gasteiger partial charge is 0.353 e. The fraction of sp³-hybridized carbons (Fsp3) is 0.643. The van der Waals surface area contributed by atoms with Crippen molar-refractivity contribution in [1.82, 2.24) is 4.98 Å². The lowest BCUT2D eigenvalue weighted by Gasteiger charge is -2.38. The molecule has 0 aromatic carbocycles. The SMILES string of the molecule is Cc1cc(CBr)cnc1N1CC(C)CCC1C. The minimum Gasteiger partial charge on any atom is -0.353 e. The molecule has 1 fully saturated rings. The van der Waals surface area contributed by atoms with Crippen LogP contribution in [-0.4, -0.2) is 17.6 Å². The molecule has 1 saturated heterocycles. The third-order valence-electron chi connectivity index (χ3n) is 3.65. The lowest BCUT2D eigenvalue weighted by atomic mass is 9.94. The van der Waals surface area contributed by atoms with E-state index in [1.54, 1.807) is 0 Å². The average Bonchev–Trinajstić information content (AvgIpc) is 2.32. The van der Waals surface area contributed by atoms with Crippen molar-refractivity contribution >= 4 is 21.7 Å². The highest BCUT2D eigenvalue weighted by Gasteiger charge is 2.24. The second-order valence-corrected chi connectivity index (χ2v) is 5.86. The van der Waals surface area contributed by atoms with E-state index in [9.17, 15) is 0 Å². The number of piperidine rings is 1. The molecule has 17 heavy (non-hydrogen) atoms. The number of anilines is 1. The van der Waals surface area contributed by atoms with Crippen LogP contribution < -0.4 is 4.90 Å². The molecule has 2 atom stereocenters. The van der Waals surface area contributed by atoms with Crippen LogP contribution in [0.1, 0.15) is 37.8 Å². The van der Waals surface area contributed by atoms with Gasteiger partial charge in [0.2, 0.25) is 0 Å². The smallest absolute Gasteiger partial charge is 0.131 e. The number of rotatable bonds is 2. The third kappa shape index (κ3) is 2.82. The summed E-state index contributed by atoms with van der Waals surface area (Å²) in [5, 5.41) is 0.882. The highest BCUT2D eigenvalue weighted by Crippen LogP contribution is 2.28. The number of hydrogen-bond acceptors (Lipinski definition) is 2.